The minimum atomic E-state index is 0.905. The number of benzene rings is 4. The van der Waals surface area contributed by atoms with Crippen molar-refractivity contribution in [3.63, 3.8) is 0 Å². The normalized spacial score (nSPS) is 12.4. The predicted molar refractivity (Wildman–Crippen MR) is 132 cm³/mol. The van der Waals surface area contributed by atoms with Gasteiger partial charge in [0.05, 0.1) is 22.1 Å². The second-order valence-corrected chi connectivity index (χ2v) is 8.43. The van der Waals surface area contributed by atoms with Crippen LogP contribution in [-0.4, -0.2) is 9.38 Å². The molecule has 0 atom stereocenters. The molecular formula is C29H16N2O. The molecule has 0 spiro atoms. The second-order valence-electron chi connectivity index (χ2n) is 8.43. The van der Waals surface area contributed by atoms with Crippen LogP contribution in [0.4, 0.5) is 0 Å². The van der Waals surface area contributed by atoms with Crippen LogP contribution < -0.4 is 0 Å². The SMILES string of the molecule is c1ccc2cc(-c3ncc4c5ccccc5n5c6c7ccccc7oc6c3c45)ccc2c1. The van der Waals surface area contributed by atoms with Gasteiger partial charge in [0, 0.05) is 27.9 Å². The molecule has 4 heterocycles. The van der Waals surface area contributed by atoms with Crippen LogP contribution in [0.5, 0.6) is 0 Å². The van der Waals surface area contributed by atoms with Crippen molar-refractivity contribution in [1.29, 1.82) is 0 Å². The Bertz CT molecular complexity index is 1990. The highest BCUT2D eigenvalue weighted by Crippen LogP contribution is 2.45. The Labute approximate surface area is 182 Å². The maximum atomic E-state index is 6.48. The van der Waals surface area contributed by atoms with Gasteiger partial charge in [0.15, 0.2) is 5.58 Å². The van der Waals surface area contributed by atoms with Crippen molar-refractivity contribution in [1.82, 2.24) is 9.38 Å². The summed E-state index contributed by atoms with van der Waals surface area (Å²) in [5, 5.41) is 7.04. The first-order chi connectivity index (χ1) is 15.9. The fourth-order valence-corrected chi connectivity index (χ4v) is 5.37. The molecule has 0 radical (unpaired) electrons. The Hall–Kier alpha value is -4.37. The number of hydrogen-bond acceptors (Lipinski definition) is 2. The third-order valence-electron chi connectivity index (χ3n) is 6.75. The lowest BCUT2D eigenvalue weighted by atomic mass is 10.0. The monoisotopic (exact) mass is 408 g/mol. The summed E-state index contributed by atoms with van der Waals surface area (Å²) in [6.07, 6.45) is 2.02. The van der Waals surface area contributed by atoms with E-state index in [2.05, 4.69) is 83.3 Å². The number of fused-ring (bicyclic) bond motifs is 9. The third kappa shape index (κ3) is 1.89. The Balaban J connectivity index is 1.63. The highest BCUT2D eigenvalue weighted by atomic mass is 16.3. The first kappa shape index (κ1) is 16.3. The number of hydrogen-bond donors (Lipinski definition) is 0. The van der Waals surface area contributed by atoms with Gasteiger partial charge in [0.1, 0.15) is 11.1 Å². The van der Waals surface area contributed by atoms with Gasteiger partial charge in [-0.1, -0.05) is 66.7 Å². The fraction of sp³-hybridized carbons (Fsp3) is 0. The number of furan rings is 1. The van der Waals surface area contributed by atoms with Crippen molar-refractivity contribution in [2.75, 3.05) is 0 Å². The van der Waals surface area contributed by atoms with Crippen molar-refractivity contribution < 1.29 is 4.42 Å². The van der Waals surface area contributed by atoms with Gasteiger partial charge in [-0.3, -0.25) is 4.98 Å². The molecule has 0 aliphatic carbocycles. The van der Waals surface area contributed by atoms with Crippen LogP contribution in [0.3, 0.4) is 0 Å². The van der Waals surface area contributed by atoms with Crippen LogP contribution in [0.15, 0.2) is 102 Å². The van der Waals surface area contributed by atoms with Gasteiger partial charge in [-0.25, -0.2) is 0 Å². The Kier molecular flexibility index (Phi) is 2.89. The summed E-state index contributed by atoms with van der Waals surface area (Å²) in [5.41, 5.74) is 7.37. The summed E-state index contributed by atoms with van der Waals surface area (Å²) in [5.74, 6) is 0. The molecule has 3 nitrogen and oxygen atoms in total. The molecule has 4 aromatic heterocycles. The Morgan fingerprint density at radius 3 is 2.38 bits per heavy atom. The standard InChI is InChI=1S/C29H16N2O/c1-2-8-18-15-19(14-13-17(18)7-1)26-25-27-22(16-30-26)20-9-3-5-11-23(20)31(27)28-21-10-4-6-12-24(21)32-29(25)28/h1-16H. The number of rotatable bonds is 1. The van der Waals surface area contributed by atoms with E-state index in [9.17, 15) is 0 Å². The second kappa shape index (κ2) is 5.65. The van der Waals surface area contributed by atoms with E-state index in [1.165, 1.54) is 27.2 Å². The average molecular weight is 408 g/mol. The summed E-state index contributed by atoms with van der Waals surface area (Å²) >= 11 is 0. The first-order valence-electron chi connectivity index (χ1n) is 10.8. The molecule has 0 N–H and O–H groups in total. The highest BCUT2D eigenvalue weighted by Gasteiger charge is 2.25. The molecule has 0 saturated carbocycles. The summed E-state index contributed by atoms with van der Waals surface area (Å²) < 4.78 is 8.85. The van der Waals surface area contributed by atoms with Crippen LogP contribution in [0.25, 0.3) is 71.3 Å². The van der Waals surface area contributed by atoms with E-state index in [-0.39, 0.29) is 0 Å². The Morgan fingerprint density at radius 1 is 0.656 bits per heavy atom. The van der Waals surface area contributed by atoms with E-state index in [1.54, 1.807) is 0 Å². The lowest BCUT2D eigenvalue weighted by Crippen LogP contribution is -1.86. The van der Waals surface area contributed by atoms with E-state index < -0.39 is 0 Å². The zero-order chi connectivity index (χ0) is 20.8. The average Bonchev–Trinajstić information content (AvgIpc) is 3.49. The van der Waals surface area contributed by atoms with Crippen molar-refractivity contribution in [2.45, 2.75) is 0 Å². The number of aromatic nitrogens is 2. The molecule has 0 unspecified atom stereocenters. The zero-order valence-corrected chi connectivity index (χ0v) is 17.0. The van der Waals surface area contributed by atoms with Gasteiger partial charge < -0.3 is 8.82 Å². The van der Waals surface area contributed by atoms with E-state index >= 15 is 0 Å². The smallest absolute Gasteiger partial charge is 0.163 e. The van der Waals surface area contributed by atoms with Gasteiger partial charge >= 0.3 is 0 Å². The zero-order valence-electron chi connectivity index (χ0n) is 17.0. The van der Waals surface area contributed by atoms with E-state index in [1.807, 2.05) is 18.3 Å². The number of pyridine rings is 1. The minimum absolute atomic E-state index is 0.905. The lowest BCUT2D eigenvalue weighted by Gasteiger charge is -2.06. The molecule has 3 heteroatoms. The molecular weight excluding hydrogens is 392 g/mol. The minimum Gasteiger partial charge on any atom is -0.454 e. The molecule has 0 fully saturated rings. The molecule has 0 amide bonds. The molecule has 8 aromatic rings. The van der Waals surface area contributed by atoms with Crippen LogP contribution in [0.1, 0.15) is 0 Å². The molecule has 8 rings (SSSR count). The molecule has 32 heavy (non-hydrogen) atoms. The number of para-hydroxylation sites is 2. The fourth-order valence-electron chi connectivity index (χ4n) is 5.37. The summed E-state index contributed by atoms with van der Waals surface area (Å²) in [7, 11) is 0. The van der Waals surface area contributed by atoms with Crippen LogP contribution in [-0.2, 0) is 0 Å². The van der Waals surface area contributed by atoms with Gasteiger partial charge in [0.2, 0.25) is 0 Å². The topological polar surface area (TPSA) is 30.4 Å². The molecule has 0 aliphatic rings. The van der Waals surface area contributed by atoms with Crippen LogP contribution in [0.2, 0.25) is 0 Å². The van der Waals surface area contributed by atoms with Gasteiger partial charge in [-0.2, -0.15) is 0 Å². The lowest BCUT2D eigenvalue weighted by molar-refractivity contribution is 0.673. The van der Waals surface area contributed by atoms with E-state index in [0.29, 0.717) is 0 Å². The van der Waals surface area contributed by atoms with Gasteiger partial charge in [-0.15, -0.1) is 0 Å². The summed E-state index contributed by atoms with van der Waals surface area (Å²) in [4.78, 5) is 5.01. The van der Waals surface area contributed by atoms with Crippen LogP contribution in [0, 0.1) is 0 Å². The molecule has 148 valence electrons. The predicted octanol–water partition coefficient (Wildman–Crippen LogP) is 7.80. The van der Waals surface area contributed by atoms with E-state index in [4.69, 9.17) is 9.40 Å². The van der Waals surface area contributed by atoms with Crippen molar-refractivity contribution in [3.05, 3.63) is 97.2 Å². The quantitative estimate of drug-likeness (QED) is 0.277. The number of nitrogens with zero attached hydrogens (tertiary/aromatic N) is 2. The van der Waals surface area contributed by atoms with Crippen LogP contribution >= 0.6 is 0 Å². The maximum absolute atomic E-state index is 6.48. The van der Waals surface area contributed by atoms with Gasteiger partial charge in [-0.05, 0) is 35.0 Å². The van der Waals surface area contributed by atoms with Crippen molar-refractivity contribution in [3.8, 4) is 11.3 Å². The third-order valence-corrected chi connectivity index (χ3v) is 6.75. The van der Waals surface area contributed by atoms with Crippen molar-refractivity contribution >= 4 is 60.0 Å². The molecule has 0 saturated heterocycles. The summed E-state index contributed by atoms with van der Waals surface area (Å²) in [6, 6.07) is 31.9. The maximum Gasteiger partial charge on any atom is 0.163 e. The molecule has 0 aliphatic heterocycles. The molecule has 4 aromatic carbocycles. The van der Waals surface area contributed by atoms with Crippen molar-refractivity contribution in [2.24, 2.45) is 0 Å². The largest absolute Gasteiger partial charge is 0.454 e. The molecule has 0 bridgehead atoms. The highest BCUT2D eigenvalue weighted by molar-refractivity contribution is 6.28. The first-order valence-corrected chi connectivity index (χ1v) is 10.8. The van der Waals surface area contributed by atoms with Gasteiger partial charge in [0.25, 0.3) is 0 Å². The Morgan fingerprint density at radius 2 is 1.44 bits per heavy atom. The summed E-state index contributed by atoms with van der Waals surface area (Å²) in [6.45, 7) is 0. The van der Waals surface area contributed by atoms with E-state index in [0.717, 1.165) is 44.1 Å².